The molecule has 0 amide bonds. The van der Waals surface area contributed by atoms with Crippen LogP contribution < -0.4 is 9.80 Å². The van der Waals surface area contributed by atoms with Gasteiger partial charge in [0.15, 0.2) is 0 Å². The van der Waals surface area contributed by atoms with Gasteiger partial charge in [-0.05, 0) is 44.6 Å². The molecule has 5 nitrogen and oxygen atoms in total. The van der Waals surface area contributed by atoms with Crippen LogP contribution in [0.1, 0.15) is 35.5 Å². The van der Waals surface area contributed by atoms with Crippen LogP contribution in [0.2, 0.25) is 0 Å². The van der Waals surface area contributed by atoms with E-state index in [-0.39, 0.29) is 0 Å². The van der Waals surface area contributed by atoms with Crippen LogP contribution in [-0.2, 0) is 17.6 Å². The third kappa shape index (κ3) is 2.94. The second-order valence-electron chi connectivity index (χ2n) is 7.71. The van der Waals surface area contributed by atoms with E-state index < -0.39 is 0 Å². The molecule has 0 spiro atoms. The second-order valence-corrected chi connectivity index (χ2v) is 8.79. The summed E-state index contributed by atoms with van der Waals surface area (Å²) in [7, 11) is 0. The van der Waals surface area contributed by atoms with Crippen molar-refractivity contribution in [1.29, 1.82) is 0 Å². The summed E-state index contributed by atoms with van der Waals surface area (Å²) < 4.78 is 5.83. The van der Waals surface area contributed by atoms with Gasteiger partial charge in [0, 0.05) is 11.5 Å². The fraction of sp³-hybridized carbons (Fsp3) is 0.684. The van der Waals surface area contributed by atoms with Crippen molar-refractivity contribution in [1.82, 2.24) is 9.97 Å². The van der Waals surface area contributed by atoms with E-state index >= 15 is 0 Å². The van der Waals surface area contributed by atoms with Gasteiger partial charge in [0.05, 0.1) is 31.6 Å². The van der Waals surface area contributed by atoms with Gasteiger partial charge in [-0.15, -0.1) is 11.3 Å². The third-order valence-electron chi connectivity index (χ3n) is 5.97. The van der Waals surface area contributed by atoms with E-state index in [2.05, 4.69) is 4.90 Å². The molecule has 0 bridgehead atoms. The van der Waals surface area contributed by atoms with Gasteiger partial charge in [0.2, 0.25) is 0 Å². The number of aryl methyl sites for hydroxylation is 3. The zero-order valence-electron chi connectivity index (χ0n) is 15.0. The van der Waals surface area contributed by atoms with Gasteiger partial charge in [0.1, 0.15) is 29.1 Å². The van der Waals surface area contributed by atoms with Crippen LogP contribution in [0, 0.1) is 6.92 Å². The molecular formula is C19H27N4OS+. The number of hydrogen-bond acceptors (Lipinski definition) is 5. The molecule has 1 N–H and O–H groups in total. The van der Waals surface area contributed by atoms with Crippen molar-refractivity contribution in [3.05, 3.63) is 16.3 Å². The summed E-state index contributed by atoms with van der Waals surface area (Å²) in [5, 5.41) is 1.37. The molecule has 2 fully saturated rings. The van der Waals surface area contributed by atoms with Gasteiger partial charge in [-0.1, -0.05) is 0 Å². The lowest BCUT2D eigenvalue weighted by Crippen LogP contribution is -3.15. The Labute approximate surface area is 153 Å². The molecule has 0 aromatic carbocycles. The predicted octanol–water partition coefficient (Wildman–Crippen LogP) is 1.37. The highest BCUT2D eigenvalue weighted by Crippen LogP contribution is 2.40. The molecule has 4 heterocycles. The molecule has 6 heteroatoms. The number of thiophene rings is 1. The number of nitrogens with one attached hydrogen (secondary N) is 1. The lowest BCUT2D eigenvalue weighted by Gasteiger charge is -2.34. The summed E-state index contributed by atoms with van der Waals surface area (Å²) in [6, 6.07) is 0. The van der Waals surface area contributed by atoms with Crippen LogP contribution in [0.3, 0.4) is 0 Å². The Morgan fingerprint density at radius 1 is 1.20 bits per heavy atom. The van der Waals surface area contributed by atoms with Crippen molar-refractivity contribution < 1.29 is 9.64 Å². The average molecular weight is 360 g/mol. The summed E-state index contributed by atoms with van der Waals surface area (Å²) in [4.78, 5) is 16.6. The van der Waals surface area contributed by atoms with Crippen molar-refractivity contribution in [3.8, 4) is 0 Å². The fourth-order valence-corrected chi connectivity index (χ4v) is 5.98. The van der Waals surface area contributed by atoms with E-state index in [1.54, 1.807) is 15.3 Å². The molecule has 2 aromatic heterocycles. The van der Waals surface area contributed by atoms with Crippen LogP contribution >= 0.6 is 11.3 Å². The molecular weight excluding hydrogens is 332 g/mol. The highest BCUT2D eigenvalue weighted by atomic mass is 32.1. The Hall–Kier alpha value is -1.24. The molecule has 2 aliphatic heterocycles. The molecule has 134 valence electrons. The predicted molar refractivity (Wildman–Crippen MR) is 101 cm³/mol. The van der Waals surface area contributed by atoms with Crippen molar-refractivity contribution in [3.63, 3.8) is 0 Å². The topological polar surface area (TPSA) is 42.7 Å². The Morgan fingerprint density at radius 3 is 2.88 bits per heavy atom. The van der Waals surface area contributed by atoms with Gasteiger partial charge < -0.3 is 14.5 Å². The number of aromatic nitrogens is 2. The number of rotatable bonds is 3. The first-order chi connectivity index (χ1) is 12.3. The van der Waals surface area contributed by atoms with E-state index in [1.165, 1.54) is 67.8 Å². The summed E-state index contributed by atoms with van der Waals surface area (Å²) in [5.41, 5.74) is 1.55. The molecule has 1 aliphatic carbocycles. The Kier molecular flexibility index (Phi) is 4.14. The quantitative estimate of drug-likeness (QED) is 0.899. The lowest BCUT2D eigenvalue weighted by atomic mass is 10.1. The number of anilines is 1. The normalized spacial score (nSPS) is 24.4. The maximum Gasteiger partial charge on any atom is 0.141 e. The van der Waals surface area contributed by atoms with E-state index in [0.29, 0.717) is 6.10 Å². The highest BCUT2D eigenvalue weighted by molar-refractivity contribution is 7.19. The fourth-order valence-electron chi connectivity index (χ4n) is 4.68. The van der Waals surface area contributed by atoms with Gasteiger partial charge in [-0.25, -0.2) is 9.97 Å². The average Bonchev–Trinajstić information content (AvgIpc) is 3.32. The first kappa shape index (κ1) is 16.0. The van der Waals surface area contributed by atoms with Crippen LogP contribution in [0.5, 0.6) is 0 Å². The minimum absolute atomic E-state index is 0.495. The van der Waals surface area contributed by atoms with Crippen LogP contribution in [0.15, 0.2) is 0 Å². The largest absolute Gasteiger partial charge is 0.372 e. The van der Waals surface area contributed by atoms with Gasteiger partial charge >= 0.3 is 0 Å². The molecule has 1 atom stereocenters. The van der Waals surface area contributed by atoms with Gasteiger partial charge in [-0.2, -0.15) is 0 Å². The monoisotopic (exact) mass is 359 g/mol. The molecule has 0 unspecified atom stereocenters. The van der Waals surface area contributed by atoms with Gasteiger partial charge in [0.25, 0.3) is 0 Å². The first-order valence-electron chi connectivity index (χ1n) is 9.77. The Morgan fingerprint density at radius 2 is 2.08 bits per heavy atom. The number of piperazine rings is 1. The minimum Gasteiger partial charge on any atom is -0.372 e. The number of hydrogen-bond donors (Lipinski definition) is 1. The maximum absolute atomic E-state index is 5.83. The van der Waals surface area contributed by atoms with E-state index in [0.717, 1.165) is 25.5 Å². The molecule has 3 aliphatic rings. The number of quaternary nitrogens is 1. The smallest absolute Gasteiger partial charge is 0.141 e. The van der Waals surface area contributed by atoms with Crippen LogP contribution in [0.25, 0.3) is 10.2 Å². The lowest BCUT2D eigenvalue weighted by molar-refractivity contribution is -0.903. The number of nitrogens with zero attached hydrogens (tertiary/aromatic N) is 3. The molecule has 5 rings (SSSR count). The Bertz CT molecular complexity index is 775. The number of ether oxygens (including phenoxy) is 1. The zero-order chi connectivity index (χ0) is 16.8. The standard InChI is InChI=1S/C19H26N4OS/c1-13-20-18(17-15-5-2-6-16(15)25-19(17)21-13)23-9-7-22(8-10-23)12-14-4-3-11-24-14/h14H,2-12H2,1H3/p+1/t14-/m0/s1. The molecule has 0 radical (unpaired) electrons. The van der Waals surface area contributed by atoms with E-state index in [1.807, 2.05) is 18.3 Å². The molecule has 2 aromatic rings. The summed E-state index contributed by atoms with van der Waals surface area (Å²) in [6.07, 6.45) is 6.72. The summed E-state index contributed by atoms with van der Waals surface area (Å²) in [6.45, 7) is 8.75. The first-order valence-corrected chi connectivity index (χ1v) is 10.6. The van der Waals surface area contributed by atoms with Crippen molar-refractivity contribution in [2.24, 2.45) is 0 Å². The van der Waals surface area contributed by atoms with Crippen LogP contribution in [-0.4, -0.2) is 55.4 Å². The second kappa shape index (κ2) is 6.49. The van der Waals surface area contributed by atoms with Crippen LogP contribution in [0.4, 0.5) is 5.82 Å². The van der Waals surface area contributed by atoms with Crippen molar-refractivity contribution in [2.45, 2.75) is 45.1 Å². The minimum atomic E-state index is 0.495. The van der Waals surface area contributed by atoms with E-state index in [9.17, 15) is 0 Å². The zero-order valence-corrected chi connectivity index (χ0v) is 15.8. The van der Waals surface area contributed by atoms with Crippen molar-refractivity contribution >= 4 is 27.4 Å². The molecule has 2 saturated heterocycles. The molecule has 25 heavy (non-hydrogen) atoms. The highest BCUT2D eigenvalue weighted by Gasteiger charge is 2.29. The molecule has 0 saturated carbocycles. The summed E-state index contributed by atoms with van der Waals surface area (Å²) >= 11 is 1.90. The third-order valence-corrected chi connectivity index (χ3v) is 7.15. The summed E-state index contributed by atoms with van der Waals surface area (Å²) in [5.74, 6) is 2.12. The van der Waals surface area contributed by atoms with Gasteiger partial charge in [-0.3, -0.25) is 0 Å². The SMILES string of the molecule is Cc1nc(N2CC[NH+](C[C@@H]3CCCO3)CC2)c2c3c(sc2n1)CCC3. The maximum atomic E-state index is 5.83. The Balaban J connectivity index is 1.37. The number of fused-ring (bicyclic) bond motifs is 3. The van der Waals surface area contributed by atoms with E-state index in [4.69, 9.17) is 14.7 Å². The van der Waals surface area contributed by atoms with Crippen molar-refractivity contribution in [2.75, 3.05) is 44.2 Å².